The van der Waals surface area contributed by atoms with Gasteiger partial charge in [-0.15, -0.1) is 0 Å². The van der Waals surface area contributed by atoms with E-state index in [1.54, 1.807) is 36.8 Å². The average Bonchev–Trinajstić information content (AvgIpc) is 2.46. The first-order valence-corrected chi connectivity index (χ1v) is 11.3. The van der Waals surface area contributed by atoms with Gasteiger partial charge in [0.2, 0.25) is 0 Å². The summed E-state index contributed by atoms with van der Waals surface area (Å²) in [7, 11) is 2.56. The number of hydrogen-bond donors (Lipinski definition) is 2. The molecule has 0 spiro atoms. The molecule has 0 aromatic heterocycles. The van der Waals surface area contributed by atoms with Crippen LogP contribution in [-0.4, -0.2) is 31.8 Å². The maximum atomic E-state index is 11.3. The number of phenols is 2. The quantitative estimate of drug-likeness (QED) is 0.616. The second-order valence-electron chi connectivity index (χ2n) is 4.33. The molecule has 0 heterocycles. The summed E-state index contributed by atoms with van der Waals surface area (Å²) in [6.45, 7) is 0. The Balaban J connectivity index is 2.10. The molecule has 0 aliphatic heterocycles. The van der Waals surface area contributed by atoms with Crippen LogP contribution in [0.2, 0.25) is 0 Å². The minimum Gasteiger partial charge on any atom is -0.612 e. The molecule has 8 heteroatoms. The summed E-state index contributed by atoms with van der Waals surface area (Å²) in [5.41, 5.74) is 0. The lowest BCUT2D eigenvalue weighted by Crippen LogP contribution is -1.96. The Morgan fingerprint density at radius 2 is 1.14 bits per heavy atom. The van der Waals surface area contributed by atoms with Crippen molar-refractivity contribution >= 4 is 43.9 Å². The fourth-order valence-electron chi connectivity index (χ4n) is 1.58. The second-order valence-corrected chi connectivity index (χ2v) is 9.31. The molecule has 0 amide bonds. The minimum atomic E-state index is -1.14. The van der Waals surface area contributed by atoms with E-state index in [0.717, 1.165) is 0 Å². The van der Waals surface area contributed by atoms with Gasteiger partial charge >= 0.3 is 0 Å². The van der Waals surface area contributed by atoms with Gasteiger partial charge in [-0.05, 0) is 68.2 Å². The number of aromatic hydroxyl groups is 2. The smallest absolute Gasteiger partial charge is 0.156 e. The summed E-state index contributed by atoms with van der Waals surface area (Å²) in [5.74, 6) is 0.104. The average molecular weight is 375 g/mol. The van der Waals surface area contributed by atoms with Gasteiger partial charge in [0.25, 0.3) is 0 Å². The maximum Gasteiger partial charge on any atom is 0.156 e. The molecule has 0 fully saturated rings. The fourth-order valence-corrected chi connectivity index (χ4v) is 4.76. The largest absolute Gasteiger partial charge is 0.612 e. The van der Waals surface area contributed by atoms with Crippen LogP contribution in [-0.2, 0) is 22.4 Å². The first kappa shape index (κ1) is 17.7. The highest BCUT2D eigenvalue weighted by molar-refractivity contribution is 8.76. The van der Waals surface area contributed by atoms with Crippen molar-refractivity contribution in [2.45, 2.75) is 19.6 Å². The molecule has 4 nitrogen and oxygen atoms in total. The zero-order valence-corrected chi connectivity index (χ0v) is 15.1. The standard InChI is InChI=1S/C14H14O4S4/c1-21(17)9-3-5-13(11(15)7-9)19-20-14-6-4-10(22(2)18)8-12(14)16/h3-8,15-16H,1-2H3. The fraction of sp³-hybridized carbons (Fsp3) is 0.143. The molecule has 2 N–H and O–H groups in total. The van der Waals surface area contributed by atoms with Crippen LogP contribution < -0.4 is 0 Å². The highest BCUT2D eigenvalue weighted by Crippen LogP contribution is 2.45. The Morgan fingerprint density at radius 3 is 1.41 bits per heavy atom. The molecule has 0 saturated heterocycles. The number of rotatable bonds is 5. The highest BCUT2D eigenvalue weighted by atomic mass is 33.1. The van der Waals surface area contributed by atoms with E-state index in [-0.39, 0.29) is 11.5 Å². The third-order valence-electron chi connectivity index (χ3n) is 2.75. The van der Waals surface area contributed by atoms with Crippen LogP contribution in [0.5, 0.6) is 11.5 Å². The summed E-state index contributed by atoms with van der Waals surface area (Å²) in [4.78, 5) is 2.34. The molecular formula is C14H14O4S4. The predicted octanol–water partition coefficient (Wildman–Crippen LogP) is 3.37. The summed E-state index contributed by atoms with van der Waals surface area (Å²) in [5, 5.41) is 19.9. The Morgan fingerprint density at radius 1 is 0.773 bits per heavy atom. The van der Waals surface area contributed by atoms with Gasteiger partial charge in [0, 0.05) is 12.1 Å². The molecule has 0 saturated carbocycles. The monoisotopic (exact) mass is 374 g/mol. The first-order valence-electron chi connectivity index (χ1n) is 6.06. The molecule has 0 aliphatic rings. The molecule has 2 unspecified atom stereocenters. The van der Waals surface area contributed by atoms with Crippen LogP contribution >= 0.6 is 21.6 Å². The van der Waals surface area contributed by atoms with Crippen molar-refractivity contribution in [2.75, 3.05) is 12.5 Å². The van der Waals surface area contributed by atoms with Crippen molar-refractivity contribution in [3.05, 3.63) is 36.4 Å². The van der Waals surface area contributed by atoms with Crippen molar-refractivity contribution in [2.24, 2.45) is 0 Å². The summed E-state index contributed by atoms with van der Waals surface area (Å²) >= 11 is -2.29. The lowest BCUT2D eigenvalue weighted by Gasteiger charge is -2.09. The normalized spacial score (nSPS) is 13.8. The van der Waals surface area contributed by atoms with Crippen LogP contribution in [0.3, 0.4) is 0 Å². The van der Waals surface area contributed by atoms with Crippen molar-refractivity contribution in [1.82, 2.24) is 0 Å². The van der Waals surface area contributed by atoms with Gasteiger partial charge in [0.15, 0.2) is 9.79 Å². The van der Waals surface area contributed by atoms with Crippen molar-refractivity contribution < 1.29 is 19.3 Å². The van der Waals surface area contributed by atoms with Gasteiger partial charge in [-0.2, -0.15) is 0 Å². The zero-order chi connectivity index (χ0) is 16.3. The summed E-state index contributed by atoms with van der Waals surface area (Å²) < 4.78 is 22.7. The van der Waals surface area contributed by atoms with E-state index in [1.807, 2.05) is 0 Å². The number of hydrogen-bond acceptors (Lipinski definition) is 6. The topological polar surface area (TPSA) is 86.6 Å². The molecule has 0 radical (unpaired) electrons. The van der Waals surface area contributed by atoms with Gasteiger partial charge in [-0.3, -0.25) is 0 Å². The molecule has 2 aromatic carbocycles. The zero-order valence-electron chi connectivity index (χ0n) is 11.8. The highest BCUT2D eigenvalue weighted by Gasteiger charge is 2.13. The van der Waals surface area contributed by atoms with Crippen molar-refractivity contribution in [3.8, 4) is 11.5 Å². The molecule has 2 atom stereocenters. The molecule has 0 bridgehead atoms. The molecule has 118 valence electrons. The van der Waals surface area contributed by atoms with Gasteiger partial charge in [-0.1, -0.05) is 0 Å². The Kier molecular flexibility index (Phi) is 6.25. The Labute approximate surface area is 143 Å². The van der Waals surface area contributed by atoms with Gasteiger partial charge in [-0.25, -0.2) is 0 Å². The molecule has 2 aromatic rings. The van der Waals surface area contributed by atoms with E-state index in [9.17, 15) is 19.3 Å². The molecular weight excluding hydrogens is 360 g/mol. The minimum absolute atomic E-state index is 0.0518. The predicted molar refractivity (Wildman–Crippen MR) is 92.6 cm³/mol. The van der Waals surface area contributed by atoms with Crippen molar-refractivity contribution in [1.29, 1.82) is 0 Å². The van der Waals surface area contributed by atoms with Gasteiger partial charge in [0.05, 0.1) is 9.79 Å². The Bertz CT molecular complexity index is 604. The Hall–Kier alpha value is -0.640. The summed E-state index contributed by atoms with van der Waals surface area (Å²) in [6, 6.07) is 9.72. The third kappa shape index (κ3) is 4.43. The van der Waals surface area contributed by atoms with Crippen LogP contribution in [0, 0.1) is 0 Å². The molecule has 2 rings (SSSR count). The van der Waals surface area contributed by atoms with Crippen molar-refractivity contribution in [3.63, 3.8) is 0 Å². The second kappa shape index (κ2) is 7.76. The van der Waals surface area contributed by atoms with E-state index in [2.05, 4.69) is 0 Å². The van der Waals surface area contributed by atoms with E-state index >= 15 is 0 Å². The van der Waals surface area contributed by atoms with E-state index in [4.69, 9.17) is 0 Å². The van der Waals surface area contributed by atoms with Crippen LogP contribution in [0.25, 0.3) is 0 Å². The van der Waals surface area contributed by atoms with E-state index < -0.39 is 22.4 Å². The van der Waals surface area contributed by atoms with Crippen LogP contribution in [0.15, 0.2) is 56.0 Å². The van der Waals surface area contributed by atoms with E-state index in [0.29, 0.717) is 19.6 Å². The number of phenolic OH excluding ortho intramolecular Hbond substituents is 2. The first-order chi connectivity index (χ1) is 10.4. The maximum absolute atomic E-state index is 11.3. The van der Waals surface area contributed by atoms with E-state index in [1.165, 1.54) is 33.7 Å². The SMILES string of the molecule is C[S+]([O-])c1ccc(SSc2ccc([S+](C)[O-])cc2O)c(O)c1. The number of benzene rings is 2. The molecule has 22 heavy (non-hydrogen) atoms. The van der Waals surface area contributed by atoms with Crippen LogP contribution in [0.4, 0.5) is 0 Å². The lowest BCUT2D eigenvalue weighted by molar-refractivity contribution is 0.459. The summed E-state index contributed by atoms with van der Waals surface area (Å²) in [6.07, 6.45) is 3.10. The van der Waals surface area contributed by atoms with Gasteiger partial charge in [0.1, 0.15) is 24.0 Å². The van der Waals surface area contributed by atoms with Gasteiger partial charge < -0.3 is 19.3 Å². The third-order valence-corrected chi connectivity index (χ3v) is 7.04. The molecule has 0 aliphatic carbocycles. The lowest BCUT2D eigenvalue weighted by atomic mass is 10.3. The van der Waals surface area contributed by atoms with Crippen LogP contribution in [0.1, 0.15) is 0 Å².